The van der Waals surface area contributed by atoms with Crippen LogP contribution in [0.5, 0.6) is 0 Å². The van der Waals surface area contributed by atoms with Crippen LogP contribution in [0.2, 0.25) is 5.02 Å². The fourth-order valence-electron chi connectivity index (χ4n) is 1.82. The highest BCUT2D eigenvalue weighted by Crippen LogP contribution is 2.17. The minimum absolute atomic E-state index is 0.235. The van der Waals surface area contributed by atoms with E-state index in [1.54, 1.807) is 6.07 Å². The van der Waals surface area contributed by atoms with Crippen molar-refractivity contribution in [2.45, 2.75) is 46.2 Å². The van der Waals surface area contributed by atoms with Crippen molar-refractivity contribution in [3.63, 3.8) is 0 Å². The number of nitrogens with one attached hydrogen (secondary N) is 1. The number of hydrogen-bond acceptors (Lipinski definition) is 1. The first-order valence-electron chi connectivity index (χ1n) is 6.20. The van der Waals surface area contributed by atoms with Gasteiger partial charge in [-0.05, 0) is 43.0 Å². The van der Waals surface area contributed by atoms with Crippen LogP contribution >= 0.6 is 11.6 Å². The van der Waals surface area contributed by atoms with Crippen molar-refractivity contribution in [2.75, 3.05) is 0 Å². The fraction of sp³-hybridized carbons (Fsp3) is 0.571. The van der Waals surface area contributed by atoms with Gasteiger partial charge in [-0.1, -0.05) is 31.9 Å². The van der Waals surface area contributed by atoms with E-state index in [1.807, 2.05) is 0 Å². The molecule has 3 heteroatoms. The van der Waals surface area contributed by atoms with E-state index in [0.717, 1.165) is 12.0 Å². The summed E-state index contributed by atoms with van der Waals surface area (Å²) in [6.45, 7) is 7.21. The minimum Gasteiger partial charge on any atom is -0.310 e. The Labute approximate surface area is 108 Å². The average Bonchev–Trinajstić information content (AvgIpc) is 2.30. The molecule has 0 bridgehead atoms. The maximum atomic E-state index is 13.0. The van der Waals surface area contributed by atoms with Crippen LogP contribution in [0.25, 0.3) is 0 Å². The second kappa shape index (κ2) is 6.97. The summed E-state index contributed by atoms with van der Waals surface area (Å²) in [7, 11) is 0. The summed E-state index contributed by atoms with van der Waals surface area (Å²) in [4.78, 5) is 0. The van der Waals surface area contributed by atoms with Crippen molar-refractivity contribution >= 4 is 11.6 Å². The third-order valence-electron chi connectivity index (χ3n) is 3.10. The Morgan fingerprint density at radius 2 is 2.06 bits per heavy atom. The lowest BCUT2D eigenvalue weighted by atomic mass is 10.0. The van der Waals surface area contributed by atoms with Gasteiger partial charge in [0.15, 0.2) is 0 Å². The van der Waals surface area contributed by atoms with Crippen LogP contribution in [-0.2, 0) is 6.54 Å². The molecule has 0 amide bonds. The molecular formula is C14H21ClFN. The molecule has 0 heterocycles. The molecule has 0 spiro atoms. The maximum absolute atomic E-state index is 13.0. The van der Waals surface area contributed by atoms with Crippen molar-refractivity contribution < 1.29 is 4.39 Å². The third kappa shape index (κ3) is 5.05. The molecule has 0 aliphatic heterocycles. The molecule has 0 aliphatic rings. The van der Waals surface area contributed by atoms with Gasteiger partial charge in [0, 0.05) is 17.6 Å². The van der Waals surface area contributed by atoms with Gasteiger partial charge >= 0.3 is 0 Å². The van der Waals surface area contributed by atoms with Gasteiger partial charge in [0.2, 0.25) is 0 Å². The largest absolute Gasteiger partial charge is 0.310 e. The zero-order valence-corrected chi connectivity index (χ0v) is 11.5. The summed E-state index contributed by atoms with van der Waals surface area (Å²) in [6.07, 6.45) is 2.32. The van der Waals surface area contributed by atoms with Gasteiger partial charge in [0.1, 0.15) is 5.82 Å². The van der Waals surface area contributed by atoms with Crippen LogP contribution in [0, 0.1) is 11.7 Å². The molecule has 1 N–H and O–H groups in total. The van der Waals surface area contributed by atoms with Crippen LogP contribution in [0.15, 0.2) is 18.2 Å². The third-order valence-corrected chi connectivity index (χ3v) is 3.47. The van der Waals surface area contributed by atoms with Crippen LogP contribution in [-0.4, -0.2) is 6.04 Å². The summed E-state index contributed by atoms with van der Waals surface area (Å²) in [5, 5.41) is 4.00. The zero-order chi connectivity index (χ0) is 12.8. The van der Waals surface area contributed by atoms with E-state index in [1.165, 1.54) is 18.6 Å². The molecule has 0 saturated heterocycles. The summed E-state index contributed by atoms with van der Waals surface area (Å²) in [6, 6.07) is 4.90. The molecule has 1 aromatic rings. The highest BCUT2D eigenvalue weighted by molar-refractivity contribution is 6.31. The molecule has 1 nitrogen and oxygen atoms in total. The Kier molecular flexibility index (Phi) is 5.93. The van der Waals surface area contributed by atoms with E-state index in [9.17, 15) is 4.39 Å². The number of hydrogen-bond donors (Lipinski definition) is 1. The minimum atomic E-state index is -0.235. The summed E-state index contributed by atoms with van der Waals surface area (Å²) >= 11 is 6.01. The molecule has 96 valence electrons. The van der Waals surface area contributed by atoms with Gasteiger partial charge < -0.3 is 5.32 Å². The predicted molar refractivity (Wildman–Crippen MR) is 71.8 cm³/mol. The van der Waals surface area contributed by atoms with Crippen molar-refractivity contribution in [3.05, 3.63) is 34.6 Å². The lowest BCUT2D eigenvalue weighted by Gasteiger charge is -2.18. The van der Waals surface area contributed by atoms with E-state index in [0.29, 0.717) is 23.5 Å². The molecule has 1 aromatic carbocycles. The molecule has 17 heavy (non-hydrogen) atoms. The summed E-state index contributed by atoms with van der Waals surface area (Å²) < 4.78 is 13.0. The van der Waals surface area contributed by atoms with Crippen molar-refractivity contribution in [3.8, 4) is 0 Å². The first-order chi connectivity index (χ1) is 8.02. The summed E-state index contributed by atoms with van der Waals surface area (Å²) in [5.41, 5.74) is 0.822. The highest BCUT2D eigenvalue weighted by Gasteiger charge is 2.08. The molecule has 1 rings (SSSR count). The van der Waals surface area contributed by atoms with Crippen LogP contribution < -0.4 is 5.32 Å². The van der Waals surface area contributed by atoms with Crippen molar-refractivity contribution in [2.24, 2.45) is 5.92 Å². The van der Waals surface area contributed by atoms with Crippen LogP contribution in [0.4, 0.5) is 4.39 Å². The van der Waals surface area contributed by atoms with Crippen molar-refractivity contribution in [1.82, 2.24) is 5.32 Å². The monoisotopic (exact) mass is 257 g/mol. The average molecular weight is 258 g/mol. The molecule has 0 radical (unpaired) electrons. The van der Waals surface area contributed by atoms with Gasteiger partial charge in [0.05, 0.1) is 0 Å². The number of benzene rings is 1. The smallest absolute Gasteiger partial charge is 0.123 e. The molecule has 0 fully saturated rings. The second-order valence-corrected chi connectivity index (χ2v) is 5.17. The van der Waals surface area contributed by atoms with E-state index in [-0.39, 0.29) is 5.82 Å². The Hall–Kier alpha value is -0.600. The van der Waals surface area contributed by atoms with E-state index in [4.69, 9.17) is 11.6 Å². The van der Waals surface area contributed by atoms with Crippen LogP contribution in [0.3, 0.4) is 0 Å². The maximum Gasteiger partial charge on any atom is 0.123 e. The highest BCUT2D eigenvalue weighted by atomic mass is 35.5. The van der Waals surface area contributed by atoms with Gasteiger partial charge in [-0.15, -0.1) is 0 Å². The second-order valence-electron chi connectivity index (χ2n) is 4.77. The first-order valence-corrected chi connectivity index (χ1v) is 6.58. The van der Waals surface area contributed by atoms with Gasteiger partial charge in [-0.25, -0.2) is 4.39 Å². The quantitative estimate of drug-likeness (QED) is 0.797. The Bertz CT molecular complexity index is 354. The normalized spacial score (nSPS) is 14.6. The molecule has 2 unspecified atom stereocenters. The number of rotatable bonds is 6. The van der Waals surface area contributed by atoms with E-state index < -0.39 is 0 Å². The SMILES string of the molecule is CCC(C)CC(C)NCc1cc(F)ccc1Cl. The molecule has 0 saturated carbocycles. The lowest BCUT2D eigenvalue weighted by Crippen LogP contribution is -2.27. The van der Waals surface area contributed by atoms with E-state index >= 15 is 0 Å². The topological polar surface area (TPSA) is 12.0 Å². The van der Waals surface area contributed by atoms with E-state index in [2.05, 4.69) is 26.1 Å². The van der Waals surface area contributed by atoms with Crippen LogP contribution in [0.1, 0.15) is 39.2 Å². The molecule has 0 aromatic heterocycles. The zero-order valence-electron chi connectivity index (χ0n) is 10.8. The predicted octanol–water partition coefficient (Wildman–Crippen LogP) is 4.39. The number of halogens is 2. The standard InChI is InChI=1S/C14H21ClFN/c1-4-10(2)7-11(3)17-9-12-8-13(16)5-6-14(12)15/h5-6,8,10-11,17H,4,7,9H2,1-3H3. The van der Waals surface area contributed by atoms with Gasteiger partial charge in [0.25, 0.3) is 0 Å². The molecule has 2 atom stereocenters. The Morgan fingerprint density at radius 3 is 2.71 bits per heavy atom. The van der Waals surface area contributed by atoms with Crippen molar-refractivity contribution in [1.29, 1.82) is 0 Å². The molecule has 0 aliphatic carbocycles. The molecular weight excluding hydrogens is 237 g/mol. The van der Waals surface area contributed by atoms with Gasteiger partial charge in [-0.3, -0.25) is 0 Å². The first kappa shape index (κ1) is 14.5. The van der Waals surface area contributed by atoms with Gasteiger partial charge in [-0.2, -0.15) is 0 Å². The summed E-state index contributed by atoms with van der Waals surface area (Å²) in [5.74, 6) is 0.473. The Morgan fingerprint density at radius 1 is 1.35 bits per heavy atom. The lowest BCUT2D eigenvalue weighted by molar-refractivity contribution is 0.412. The Balaban J connectivity index is 2.47. The fourth-order valence-corrected chi connectivity index (χ4v) is 2.00.